The maximum atomic E-state index is 10.7. The maximum Gasteiger partial charge on any atom is 0.305 e. The Balaban J connectivity index is 2.10. The molecular weight excluding hydrogens is 282 g/mol. The topological polar surface area (TPSA) is 81.8 Å². The van der Waals surface area contributed by atoms with E-state index >= 15 is 0 Å². The monoisotopic (exact) mass is 301 g/mol. The molecule has 2 aromatic rings. The first-order chi connectivity index (χ1) is 10.6. The molecule has 5 nitrogen and oxygen atoms in total. The third-order valence-electron chi connectivity index (χ3n) is 3.25. The van der Waals surface area contributed by atoms with E-state index in [0.717, 1.165) is 5.56 Å². The summed E-state index contributed by atoms with van der Waals surface area (Å²) >= 11 is 0. The van der Waals surface area contributed by atoms with E-state index in [4.69, 9.17) is 20.3 Å². The van der Waals surface area contributed by atoms with Crippen molar-refractivity contribution in [3.63, 3.8) is 0 Å². The van der Waals surface area contributed by atoms with E-state index in [1.54, 1.807) is 18.2 Å². The van der Waals surface area contributed by atoms with Gasteiger partial charge in [-0.3, -0.25) is 4.79 Å². The van der Waals surface area contributed by atoms with E-state index in [1.807, 2.05) is 30.3 Å². The molecule has 1 unspecified atom stereocenters. The second-order valence-corrected chi connectivity index (χ2v) is 4.89. The van der Waals surface area contributed by atoms with Crippen LogP contribution >= 0.6 is 0 Å². The Labute approximate surface area is 129 Å². The molecule has 0 aliphatic rings. The molecule has 1 atom stereocenters. The number of carboxylic acid groups (broad SMARTS) is 1. The van der Waals surface area contributed by atoms with Crippen molar-refractivity contribution >= 4 is 5.97 Å². The lowest BCUT2D eigenvalue weighted by Crippen LogP contribution is -2.15. The van der Waals surface area contributed by atoms with E-state index in [9.17, 15) is 4.79 Å². The van der Waals surface area contributed by atoms with Gasteiger partial charge in [-0.25, -0.2) is 0 Å². The minimum atomic E-state index is -0.934. The SMILES string of the molecule is COc1cc(C(N)CC(=O)O)ccc1OCc1ccccc1. The first kappa shape index (κ1) is 15.9. The number of ether oxygens (including phenoxy) is 2. The molecule has 22 heavy (non-hydrogen) atoms. The summed E-state index contributed by atoms with van der Waals surface area (Å²) in [6.07, 6.45) is -0.132. The van der Waals surface area contributed by atoms with Crippen molar-refractivity contribution < 1.29 is 19.4 Å². The van der Waals surface area contributed by atoms with Gasteiger partial charge in [0.25, 0.3) is 0 Å². The van der Waals surface area contributed by atoms with Gasteiger partial charge >= 0.3 is 5.97 Å². The van der Waals surface area contributed by atoms with Crippen LogP contribution in [-0.2, 0) is 11.4 Å². The molecule has 0 spiro atoms. The number of hydrogen-bond donors (Lipinski definition) is 2. The van der Waals surface area contributed by atoms with E-state index < -0.39 is 12.0 Å². The Bertz CT molecular complexity index is 628. The van der Waals surface area contributed by atoms with Gasteiger partial charge in [-0.1, -0.05) is 36.4 Å². The van der Waals surface area contributed by atoms with Crippen molar-refractivity contribution in [2.75, 3.05) is 7.11 Å². The molecule has 0 aliphatic carbocycles. The number of hydrogen-bond acceptors (Lipinski definition) is 4. The molecule has 0 saturated carbocycles. The third kappa shape index (κ3) is 4.23. The van der Waals surface area contributed by atoms with Crippen LogP contribution in [0.25, 0.3) is 0 Å². The number of methoxy groups -OCH3 is 1. The van der Waals surface area contributed by atoms with Gasteiger partial charge in [-0.15, -0.1) is 0 Å². The zero-order valence-corrected chi connectivity index (χ0v) is 12.4. The molecule has 3 N–H and O–H groups in total. The number of rotatable bonds is 7. The first-order valence-electron chi connectivity index (χ1n) is 6.92. The van der Waals surface area contributed by atoms with Gasteiger partial charge in [0.1, 0.15) is 6.61 Å². The lowest BCUT2D eigenvalue weighted by Gasteiger charge is -2.15. The highest BCUT2D eigenvalue weighted by Crippen LogP contribution is 2.31. The minimum Gasteiger partial charge on any atom is -0.493 e. The highest BCUT2D eigenvalue weighted by Gasteiger charge is 2.14. The summed E-state index contributed by atoms with van der Waals surface area (Å²) < 4.78 is 11.0. The van der Waals surface area contributed by atoms with Gasteiger partial charge in [0, 0.05) is 6.04 Å². The standard InChI is InChI=1S/C17H19NO4/c1-21-16-9-13(14(18)10-17(19)20)7-8-15(16)22-11-12-5-3-2-4-6-12/h2-9,14H,10-11,18H2,1H3,(H,19,20). The minimum absolute atomic E-state index is 0.132. The molecule has 2 aromatic carbocycles. The van der Waals surface area contributed by atoms with E-state index in [-0.39, 0.29) is 6.42 Å². The number of benzene rings is 2. The number of carbonyl (C=O) groups is 1. The summed E-state index contributed by atoms with van der Waals surface area (Å²) in [5.41, 5.74) is 7.61. The van der Waals surface area contributed by atoms with Crippen molar-refractivity contribution in [2.24, 2.45) is 5.73 Å². The second-order valence-electron chi connectivity index (χ2n) is 4.89. The Morgan fingerprint density at radius 1 is 1.18 bits per heavy atom. The fourth-order valence-corrected chi connectivity index (χ4v) is 2.08. The van der Waals surface area contributed by atoms with Crippen molar-refractivity contribution in [2.45, 2.75) is 19.1 Å². The molecule has 0 saturated heterocycles. The number of aliphatic carboxylic acids is 1. The number of nitrogens with two attached hydrogens (primary N) is 1. The van der Waals surface area contributed by atoms with Crippen molar-refractivity contribution in [1.82, 2.24) is 0 Å². The summed E-state index contributed by atoms with van der Waals surface area (Å²) in [5, 5.41) is 8.80. The average Bonchev–Trinajstić information content (AvgIpc) is 2.53. The summed E-state index contributed by atoms with van der Waals surface area (Å²) in [6.45, 7) is 0.428. The summed E-state index contributed by atoms with van der Waals surface area (Å²) in [7, 11) is 1.54. The Kier molecular flexibility index (Phi) is 5.38. The predicted molar refractivity (Wildman–Crippen MR) is 82.9 cm³/mol. The second kappa shape index (κ2) is 7.47. The molecule has 0 amide bonds. The Morgan fingerprint density at radius 3 is 2.55 bits per heavy atom. The molecule has 0 bridgehead atoms. The van der Waals surface area contributed by atoms with Crippen LogP contribution in [-0.4, -0.2) is 18.2 Å². The zero-order chi connectivity index (χ0) is 15.9. The van der Waals surface area contributed by atoms with Crippen LogP contribution in [0.5, 0.6) is 11.5 Å². The fraction of sp³-hybridized carbons (Fsp3) is 0.235. The summed E-state index contributed by atoms with van der Waals surface area (Å²) in [6, 6.07) is 14.4. The quantitative estimate of drug-likeness (QED) is 0.821. The van der Waals surface area contributed by atoms with Gasteiger partial charge in [-0.2, -0.15) is 0 Å². The van der Waals surface area contributed by atoms with Crippen molar-refractivity contribution in [3.05, 3.63) is 59.7 Å². The van der Waals surface area contributed by atoms with E-state index in [0.29, 0.717) is 23.7 Å². The van der Waals surface area contributed by atoms with E-state index in [1.165, 1.54) is 7.11 Å². The van der Waals surface area contributed by atoms with Crippen LogP contribution in [0.2, 0.25) is 0 Å². The van der Waals surface area contributed by atoms with Crippen molar-refractivity contribution in [1.29, 1.82) is 0 Å². The van der Waals surface area contributed by atoms with Crippen LogP contribution in [0.15, 0.2) is 48.5 Å². The molecule has 0 radical (unpaired) electrons. The smallest absolute Gasteiger partial charge is 0.305 e. The zero-order valence-electron chi connectivity index (χ0n) is 12.4. The lowest BCUT2D eigenvalue weighted by atomic mass is 10.0. The van der Waals surface area contributed by atoms with Gasteiger partial charge in [0.15, 0.2) is 11.5 Å². The summed E-state index contributed by atoms with van der Waals surface area (Å²) in [4.78, 5) is 10.7. The van der Waals surface area contributed by atoms with Gasteiger partial charge in [0.05, 0.1) is 13.5 Å². The molecule has 2 rings (SSSR count). The maximum absolute atomic E-state index is 10.7. The molecule has 116 valence electrons. The fourth-order valence-electron chi connectivity index (χ4n) is 2.08. The van der Waals surface area contributed by atoms with Gasteiger partial charge < -0.3 is 20.3 Å². The first-order valence-corrected chi connectivity index (χ1v) is 6.92. The lowest BCUT2D eigenvalue weighted by molar-refractivity contribution is -0.137. The van der Waals surface area contributed by atoms with Crippen LogP contribution in [0.4, 0.5) is 0 Å². The van der Waals surface area contributed by atoms with Gasteiger partial charge in [-0.05, 0) is 23.3 Å². The van der Waals surface area contributed by atoms with Gasteiger partial charge in [0.2, 0.25) is 0 Å². The highest BCUT2D eigenvalue weighted by molar-refractivity contribution is 5.68. The van der Waals surface area contributed by atoms with Crippen molar-refractivity contribution in [3.8, 4) is 11.5 Å². The van der Waals surface area contributed by atoms with Crippen LogP contribution in [0.1, 0.15) is 23.6 Å². The molecule has 0 fully saturated rings. The largest absolute Gasteiger partial charge is 0.493 e. The van der Waals surface area contributed by atoms with E-state index in [2.05, 4.69) is 0 Å². The Morgan fingerprint density at radius 2 is 1.91 bits per heavy atom. The predicted octanol–water partition coefficient (Wildman–Crippen LogP) is 2.75. The molecule has 0 heterocycles. The molecule has 0 aliphatic heterocycles. The summed E-state index contributed by atoms with van der Waals surface area (Å²) in [5.74, 6) is 0.197. The molecule has 0 aromatic heterocycles. The van der Waals surface area contributed by atoms with Crippen LogP contribution < -0.4 is 15.2 Å². The van der Waals surface area contributed by atoms with Crippen LogP contribution in [0.3, 0.4) is 0 Å². The number of carboxylic acids is 1. The Hall–Kier alpha value is -2.53. The normalized spacial score (nSPS) is 11.7. The third-order valence-corrected chi connectivity index (χ3v) is 3.25. The molecule has 5 heteroatoms. The molecular formula is C17H19NO4. The highest BCUT2D eigenvalue weighted by atomic mass is 16.5. The average molecular weight is 301 g/mol. The van der Waals surface area contributed by atoms with Crippen LogP contribution in [0, 0.1) is 0 Å².